The molecule has 6 nitrogen and oxygen atoms in total. The van der Waals surface area contributed by atoms with Gasteiger partial charge in [0.25, 0.3) is 5.91 Å². The number of carbonyl (C=O) groups is 1. The number of ether oxygens (including phenoxy) is 1. The number of halogens is 1. The van der Waals surface area contributed by atoms with Crippen molar-refractivity contribution in [1.29, 1.82) is 0 Å². The van der Waals surface area contributed by atoms with Gasteiger partial charge in [0.05, 0.1) is 18.8 Å². The van der Waals surface area contributed by atoms with Crippen LogP contribution in [-0.4, -0.2) is 40.6 Å². The highest BCUT2D eigenvalue weighted by molar-refractivity contribution is 6.30. The molecule has 0 aliphatic carbocycles. The lowest BCUT2D eigenvalue weighted by Crippen LogP contribution is -2.40. The first kappa shape index (κ1) is 27.4. The zero-order chi connectivity index (χ0) is 27.1. The molecule has 1 amide bonds. The van der Waals surface area contributed by atoms with Crippen LogP contribution in [0.4, 0.5) is 0 Å². The molecule has 2 N–H and O–H groups in total. The van der Waals surface area contributed by atoms with E-state index < -0.39 is 0 Å². The lowest BCUT2D eigenvalue weighted by atomic mass is 9.99. The molecule has 1 aromatic heterocycles. The van der Waals surface area contributed by atoms with E-state index in [1.165, 1.54) is 0 Å². The van der Waals surface area contributed by atoms with E-state index in [4.69, 9.17) is 27.1 Å². The third-order valence-corrected chi connectivity index (χ3v) is 6.79. The van der Waals surface area contributed by atoms with Crippen molar-refractivity contribution >= 4 is 17.5 Å². The van der Waals surface area contributed by atoms with E-state index in [1.54, 1.807) is 7.11 Å². The maximum absolute atomic E-state index is 14.0. The van der Waals surface area contributed by atoms with Gasteiger partial charge in [-0.2, -0.15) is 0 Å². The van der Waals surface area contributed by atoms with Crippen LogP contribution in [-0.2, 0) is 6.54 Å². The molecule has 3 aromatic carbocycles. The topological polar surface area (TPSA) is 73.4 Å². The standard InChI is InChI=1S/C31H35ClN4O2/c1-22(2)29(36(18-8-17-33)31(37)24-13-15-27(38-3)16-14-24)30-34-28(25-11-7-12-26(32)19-25)21-35(30)20-23-9-5-4-6-10-23/h4-7,9-16,19,21-22,29H,8,17-18,20,33H2,1-3H3. The van der Waals surface area contributed by atoms with E-state index in [9.17, 15) is 4.79 Å². The summed E-state index contributed by atoms with van der Waals surface area (Å²) in [4.78, 5) is 21.0. The molecule has 0 saturated carbocycles. The Morgan fingerprint density at radius 2 is 1.79 bits per heavy atom. The van der Waals surface area contributed by atoms with Gasteiger partial charge in [0.1, 0.15) is 11.6 Å². The number of nitrogens with zero attached hydrogens (tertiary/aromatic N) is 3. The molecule has 198 valence electrons. The molecule has 0 bridgehead atoms. The highest BCUT2D eigenvalue weighted by atomic mass is 35.5. The zero-order valence-electron chi connectivity index (χ0n) is 22.2. The highest BCUT2D eigenvalue weighted by Crippen LogP contribution is 2.33. The van der Waals surface area contributed by atoms with Crippen LogP contribution in [0.25, 0.3) is 11.3 Å². The molecular formula is C31H35ClN4O2. The van der Waals surface area contributed by atoms with Gasteiger partial charge in [0, 0.05) is 35.4 Å². The number of rotatable bonds is 11. The first-order valence-electron chi connectivity index (χ1n) is 12.9. The second-order valence-electron chi connectivity index (χ2n) is 9.67. The summed E-state index contributed by atoms with van der Waals surface area (Å²) < 4.78 is 7.45. The summed E-state index contributed by atoms with van der Waals surface area (Å²) in [6, 6.07) is 24.9. The second kappa shape index (κ2) is 12.8. The van der Waals surface area contributed by atoms with Crippen LogP contribution in [0.5, 0.6) is 5.75 Å². The largest absolute Gasteiger partial charge is 0.497 e. The van der Waals surface area contributed by atoms with E-state index in [-0.39, 0.29) is 17.9 Å². The van der Waals surface area contributed by atoms with Gasteiger partial charge in [-0.25, -0.2) is 4.98 Å². The lowest BCUT2D eigenvalue weighted by Gasteiger charge is -2.34. The quantitative estimate of drug-likeness (QED) is 0.242. The van der Waals surface area contributed by atoms with Crippen molar-refractivity contribution in [2.45, 2.75) is 32.9 Å². The predicted octanol–water partition coefficient (Wildman–Crippen LogP) is 6.45. The number of nitrogens with two attached hydrogens (primary N) is 1. The number of carbonyl (C=O) groups excluding carboxylic acids is 1. The van der Waals surface area contributed by atoms with E-state index >= 15 is 0 Å². The Kier molecular flexibility index (Phi) is 9.21. The number of hydrogen-bond donors (Lipinski definition) is 1. The number of aromatic nitrogens is 2. The molecule has 38 heavy (non-hydrogen) atoms. The monoisotopic (exact) mass is 530 g/mol. The molecule has 0 aliphatic rings. The zero-order valence-corrected chi connectivity index (χ0v) is 22.9. The van der Waals surface area contributed by atoms with Gasteiger partial charge in [-0.1, -0.05) is 67.9 Å². The average Bonchev–Trinajstić information content (AvgIpc) is 3.34. The van der Waals surface area contributed by atoms with Gasteiger partial charge in [0.15, 0.2) is 0 Å². The fourth-order valence-electron chi connectivity index (χ4n) is 4.69. The van der Waals surface area contributed by atoms with Crippen LogP contribution >= 0.6 is 11.6 Å². The van der Waals surface area contributed by atoms with E-state index in [2.05, 4.69) is 36.7 Å². The van der Waals surface area contributed by atoms with E-state index in [0.717, 1.165) is 22.6 Å². The minimum Gasteiger partial charge on any atom is -0.497 e. The fourth-order valence-corrected chi connectivity index (χ4v) is 4.88. The van der Waals surface area contributed by atoms with Gasteiger partial charge in [0.2, 0.25) is 0 Å². The van der Waals surface area contributed by atoms with Crippen molar-refractivity contribution in [2.75, 3.05) is 20.2 Å². The molecule has 1 atom stereocenters. The summed E-state index contributed by atoms with van der Waals surface area (Å²) in [6.45, 7) is 5.90. The SMILES string of the molecule is COc1ccc(C(=O)N(CCCN)C(c2nc(-c3cccc(Cl)c3)cn2Cc2ccccc2)C(C)C)cc1. The first-order chi connectivity index (χ1) is 18.4. The first-order valence-corrected chi connectivity index (χ1v) is 13.3. The smallest absolute Gasteiger partial charge is 0.254 e. The van der Waals surface area contributed by atoms with Gasteiger partial charge < -0.3 is 19.9 Å². The summed E-state index contributed by atoms with van der Waals surface area (Å²) in [7, 11) is 1.61. The van der Waals surface area contributed by atoms with Crippen molar-refractivity contribution in [3.05, 3.63) is 107 Å². The molecular weight excluding hydrogens is 496 g/mol. The maximum atomic E-state index is 14.0. The third-order valence-electron chi connectivity index (χ3n) is 6.56. The number of hydrogen-bond acceptors (Lipinski definition) is 4. The molecule has 0 radical (unpaired) electrons. The van der Waals surface area contributed by atoms with E-state index in [0.29, 0.717) is 42.4 Å². The van der Waals surface area contributed by atoms with Crippen molar-refractivity contribution in [2.24, 2.45) is 11.7 Å². The molecule has 1 unspecified atom stereocenters. The Hall–Kier alpha value is -3.61. The maximum Gasteiger partial charge on any atom is 0.254 e. The van der Waals surface area contributed by atoms with E-state index in [1.807, 2.05) is 71.6 Å². The Morgan fingerprint density at radius 1 is 1.05 bits per heavy atom. The van der Waals surface area contributed by atoms with Gasteiger partial charge in [-0.15, -0.1) is 0 Å². The van der Waals surface area contributed by atoms with Crippen LogP contribution < -0.4 is 10.5 Å². The minimum atomic E-state index is -0.271. The van der Waals surface area contributed by atoms with Crippen molar-refractivity contribution in [3.8, 4) is 17.0 Å². The fraction of sp³-hybridized carbons (Fsp3) is 0.290. The van der Waals surface area contributed by atoms with Crippen molar-refractivity contribution in [3.63, 3.8) is 0 Å². The molecule has 0 spiro atoms. The minimum absolute atomic E-state index is 0.0571. The Balaban J connectivity index is 1.81. The summed E-state index contributed by atoms with van der Waals surface area (Å²) in [5.74, 6) is 1.58. The molecule has 4 rings (SSSR count). The average molecular weight is 531 g/mol. The van der Waals surface area contributed by atoms with Crippen LogP contribution in [0.3, 0.4) is 0 Å². The molecule has 0 aliphatic heterocycles. The molecule has 0 saturated heterocycles. The number of imidazole rings is 1. The van der Waals surface area contributed by atoms with Crippen LogP contribution in [0, 0.1) is 5.92 Å². The third kappa shape index (κ3) is 6.44. The number of amides is 1. The van der Waals surface area contributed by atoms with Crippen molar-refractivity contribution < 1.29 is 9.53 Å². The Labute approximate surface area is 230 Å². The second-order valence-corrected chi connectivity index (χ2v) is 10.1. The summed E-state index contributed by atoms with van der Waals surface area (Å²) in [5, 5.41) is 0.654. The van der Waals surface area contributed by atoms with Crippen molar-refractivity contribution in [1.82, 2.24) is 14.5 Å². The van der Waals surface area contributed by atoms with Crippen LogP contribution in [0.15, 0.2) is 85.1 Å². The molecule has 7 heteroatoms. The Morgan fingerprint density at radius 3 is 2.42 bits per heavy atom. The van der Waals surface area contributed by atoms with Gasteiger partial charge >= 0.3 is 0 Å². The highest BCUT2D eigenvalue weighted by Gasteiger charge is 2.32. The van der Waals surface area contributed by atoms with Gasteiger partial charge in [-0.3, -0.25) is 4.79 Å². The molecule has 1 heterocycles. The summed E-state index contributed by atoms with van der Waals surface area (Å²) >= 11 is 6.31. The van der Waals surface area contributed by atoms with Gasteiger partial charge in [-0.05, 0) is 60.8 Å². The number of methoxy groups -OCH3 is 1. The lowest BCUT2D eigenvalue weighted by molar-refractivity contribution is 0.0604. The molecule has 4 aromatic rings. The van der Waals surface area contributed by atoms with Crippen LogP contribution in [0.1, 0.15) is 48.1 Å². The molecule has 0 fully saturated rings. The number of benzene rings is 3. The summed E-state index contributed by atoms with van der Waals surface area (Å²) in [6.07, 6.45) is 2.74. The predicted molar refractivity (Wildman–Crippen MR) is 153 cm³/mol. The Bertz CT molecular complexity index is 1340. The summed E-state index contributed by atoms with van der Waals surface area (Å²) in [5.41, 5.74) is 9.42. The van der Waals surface area contributed by atoms with Crippen LogP contribution in [0.2, 0.25) is 5.02 Å². The normalized spacial score (nSPS) is 11.9.